The second-order valence-electron chi connectivity index (χ2n) is 3.54. The first-order chi connectivity index (χ1) is 6.09. The van der Waals surface area contributed by atoms with Gasteiger partial charge in [-0.2, -0.15) is 0 Å². The molecule has 0 fully saturated rings. The summed E-state index contributed by atoms with van der Waals surface area (Å²) < 4.78 is 1.01. The van der Waals surface area contributed by atoms with Crippen LogP contribution < -0.4 is 0 Å². The Bertz CT molecular complexity index is 349. The Balaban J connectivity index is 2.57. The number of hydrogen-bond acceptors (Lipinski definition) is 0. The number of rotatable bonds is 0. The molecule has 1 aromatic rings. The second kappa shape index (κ2) is 3.45. The smallest absolute Gasteiger partial charge is 0.0617 e. The van der Waals surface area contributed by atoms with Gasteiger partial charge in [-0.15, -0.1) is 11.6 Å². The Kier molecular flexibility index (Phi) is 2.61. The normalized spacial score (nSPS) is 26.2. The van der Waals surface area contributed by atoms with Crippen LogP contribution in [0.5, 0.6) is 0 Å². The van der Waals surface area contributed by atoms with E-state index < -0.39 is 0 Å². The zero-order valence-corrected chi connectivity index (χ0v) is 10.2. The molecule has 2 atom stereocenters. The van der Waals surface area contributed by atoms with Crippen molar-refractivity contribution in [1.82, 2.24) is 0 Å². The molecule has 0 aliphatic heterocycles. The molecule has 0 nitrogen and oxygen atoms in total. The largest absolute Gasteiger partial charge is 0.118 e. The lowest BCUT2D eigenvalue weighted by Crippen LogP contribution is -1.94. The number of benzene rings is 1. The minimum absolute atomic E-state index is 0.116. The molecule has 0 bridgehead atoms. The molecule has 0 amide bonds. The Hall–Kier alpha value is 0.280. The van der Waals surface area contributed by atoms with Gasteiger partial charge in [-0.05, 0) is 35.6 Å². The van der Waals surface area contributed by atoms with Gasteiger partial charge in [-0.1, -0.05) is 34.5 Å². The third kappa shape index (κ3) is 1.62. The summed E-state index contributed by atoms with van der Waals surface area (Å²) in [6, 6.07) is 4.00. The van der Waals surface area contributed by atoms with Crippen molar-refractivity contribution in [2.24, 2.45) is 5.92 Å². The number of alkyl halides is 1. The van der Waals surface area contributed by atoms with Crippen LogP contribution in [0.25, 0.3) is 0 Å². The van der Waals surface area contributed by atoms with Gasteiger partial charge in [-0.3, -0.25) is 0 Å². The summed E-state index contributed by atoms with van der Waals surface area (Å²) >= 11 is 15.8. The first-order valence-corrected chi connectivity index (χ1v) is 5.82. The number of fused-ring (bicyclic) bond motifs is 1. The molecule has 3 heteroatoms. The van der Waals surface area contributed by atoms with Gasteiger partial charge in [0.05, 0.1) is 5.38 Å². The van der Waals surface area contributed by atoms with Gasteiger partial charge in [0, 0.05) is 9.50 Å². The molecule has 0 saturated carbocycles. The maximum Gasteiger partial charge on any atom is 0.0617 e. The minimum Gasteiger partial charge on any atom is -0.118 e. The fraction of sp³-hybridized carbons (Fsp3) is 0.400. The molecule has 1 aliphatic carbocycles. The molecule has 0 spiro atoms. The predicted octanol–water partition coefficient (Wildman–Crippen LogP) is 4.57. The van der Waals surface area contributed by atoms with Crippen molar-refractivity contribution in [2.75, 3.05) is 0 Å². The summed E-state index contributed by atoms with van der Waals surface area (Å²) in [6.45, 7) is 2.15. The molecule has 2 rings (SSSR count). The van der Waals surface area contributed by atoms with Gasteiger partial charge in [0.2, 0.25) is 0 Å². The molecule has 0 radical (unpaired) electrons. The summed E-state index contributed by atoms with van der Waals surface area (Å²) in [4.78, 5) is 0. The monoisotopic (exact) mass is 278 g/mol. The van der Waals surface area contributed by atoms with Crippen molar-refractivity contribution < 1.29 is 0 Å². The van der Waals surface area contributed by atoms with Crippen molar-refractivity contribution in [2.45, 2.75) is 18.7 Å². The summed E-state index contributed by atoms with van der Waals surface area (Å²) in [6.07, 6.45) is 0.996. The van der Waals surface area contributed by atoms with E-state index in [2.05, 4.69) is 28.9 Å². The van der Waals surface area contributed by atoms with Gasteiger partial charge < -0.3 is 0 Å². The van der Waals surface area contributed by atoms with E-state index in [-0.39, 0.29) is 5.38 Å². The minimum atomic E-state index is 0.116. The second-order valence-corrected chi connectivity index (χ2v) is 5.33. The highest BCUT2D eigenvalue weighted by Gasteiger charge is 2.29. The van der Waals surface area contributed by atoms with Crippen LogP contribution >= 0.6 is 39.1 Å². The molecule has 0 saturated heterocycles. The van der Waals surface area contributed by atoms with Crippen LogP contribution in [0.3, 0.4) is 0 Å². The van der Waals surface area contributed by atoms with Gasteiger partial charge in [0.1, 0.15) is 0 Å². The predicted molar refractivity (Wildman–Crippen MR) is 60.6 cm³/mol. The van der Waals surface area contributed by atoms with Gasteiger partial charge >= 0.3 is 0 Å². The van der Waals surface area contributed by atoms with E-state index in [9.17, 15) is 0 Å². The summed E-state index contributed by atoms with van der Waals surface area (Å²) in [5.74, 6) is 0.489. The molecule has 1 aliphatic rings. The zero-order valence-electron chi connectivity index (χ0n) is 7.15. The third-order valence-corrected chi connectivity index (χ3v) is 3.98. The van der Waals surface area contributed by atoms with E-state index in [1.807, 2.05) is 6.07 Å². The number of halogens is 3. The van der Waals surface area contributed by atoms with E-state index >= 15 is 0 Å². The van der Waals surface area contributed by atoms with Crippen molar-refractivity contribution in [1.29, 1.82) is 0 Å². The van der Waals surface area contributed by atoms with Crippen molar-refractivity contribution >= 4 is 39.1 Å². The molecular formula is C10H9BrCl2. The zero-order chi connectivity index (χ0) is 9.59. The molecule has 0 heterocycles. The van der Waals surface area contributed by atoms with Crippen LogP contribution in [0, 0.1) is 5.92 Å². The third-order valence-electron chi connectivity index (χ3n) is 2.52. The molecule has 13 heavy (non-hydrogen) atoms. The Labute approximate surface area is 96.4 Å². The van der Waals surface area contributed by atoms with Gasteiger partial charge in [0.15, 0.2) is 0 Å². The summed E-state index contributed by atoms with van der Waals surface area (Å²) in [7, 11) is 0. The molecule has 2 unspecified atom stereocenters. The van der Waals surface area contributed by atoms with E-state index in [0.717, 1.165) is 15.9 Å². The fourth-order valence-electron chi connectivity index (χ4n) is 1.82. The molecule has 0 N–H and O–H groups in total. The highest BCUT2D eigenvalue weighted by Crippen LogP contribution is 2.44. The van der Waals surface area contributed by atoms with Crippen molar-refractivity contribution in [3.8, 4) is 0 Å². The SMILES string of the molecule is CC1Cc2c(Cl)cc(Br)cc2C1Cl. The topological polar surface area (TPSA) is 0 Å². The number of hydrogen-bond donors (Lipinski definition) is 0. The highest BCUT2D eigenvalue weighted by molar-refractivity contribution is 9.10. The molecular weight excluding hydrogens is 271 g/mol. The summed E-state index contributed by atoms with van der Waals surface area (Å²) in [5, 5.41) is 0.948. The van der Waals surface area contributed by atoms with Crippen LogP contribution in [-0.4, -0.2) is 0 Å². The highest BCUT2D eigenvalue weighted by atomic mass is 79.9. The fourth-order valence-corrected chi connectivity index (χ4v) is 3.01. The van der Waals surface area contributed by atoms with E-state index in [4.69, 9.17) is 23.2 Å². The molecule has 0 aromatic heterocycles. The van der Waals surface area contributed by atoms with Crippen LogP contribution in [0.15, 0.2) is 16.6 Å². The average molecular weight is 280 g/mol. The lowest BCUT2D eigenvalue weighted by atomic mass is 10.1. The molecule has 70 valence electrons. The van der Waals surface area contributed by atoms with Crippen LogP contribution in [0.1, 0.15) is 23.4 Å². The lowest BCUT2D eigenvalue weighted by molar-refractivity contribution is 0.609. The van der Waals surface area contributed by atoms with Crippen molar-refractivity contribution in [3.05, 3.63) is 32.8 Å². The van der Waals surface area contributed by atoms with Crippen molar-refractivity contribution in [3.63, 3.8) is 0 Å². The Morgan fingerprint density at radius 1 is 1.46 bits per heavy atom. The van der Waals surface area contributed by atoms with Crippen LogP contribution in [0.2, 0.25) is 5.02 Å². The summed E-state index contributed by atoms with van der Waals surface area (Å²) in [5.41, 5.74) is 2.41. The Morgan fingerprint density at radius 2 is 2.15 bits per heavy atom. The van der Waals surface area contributed by atoms with Gasteiger partial charge in [0.25, 0.3) is 0 Å². The maximum absolute atomic E-state index is 6.26. The maximum atomic E-state index is 6.26. The first kappa shape index (κ1) is 9.82. The quantitative estimate of drug-likeness (QED) is 0.610. The average Bonchev–Trinajstić information content (AvgIpc) is 2.32. The Morgan fingerprint density at radius 3 is 2.85 bits per heavy atom. The lowest BCUT2D eigenvalue weighted by Gasteiger charge is -2.07. The van der Waals surface area contributed by atoms with E-state index in [0.29, 0.717) is 5.92 Å². The molecule has 1 aromatic carbocycles. The van der Waals surface area contributed by atoms with Gasteiger partial charge in [-0.25, -0.2) is 0 Å². The van der Waals surface area contributed by atoms with Crippen LogP contribution in [0.4, 0.5) is 0 Å². The van der Waals surface area contributed by atoms with E-state index in [1.165, 1.54) is 11.1 Å². The standard InChI is InChI=1S/C10H9BrCl2/c1-5-2-7-8(10(5)13)3-6(11)4-9(7)12/h3-5,10H,2H2,1H3. The first-order valence-electron chi connectivity index (χ1n) is 4.21. The van der Waals surface area contributed by atoms with Crippen LogP contribution in [-0.2, 0) is 6.42 Å². The van der Waals surface area contributed by atoms with E-state index in [1.54, 1.807) is 0 Å².